The Bertz CT molecular complexity index is 1340. The predicted octanol–water partition coefficient (Wildman–Crippen LogP) is 8.51. The van der Waals surface area contributed by atoms with Gasteiger partial charge in [-0.3, -0.25) is 0 Å². The predicted molar refractivity (Wildman–Crippen MR) is 152 cm³/mol. The van der Waals surface area contributed by atoms with Gasteiger partial charge < -0.3 is 15.4 Å². The standard InChI is InChI=1S/C27H23ClN2O2S3/c1-3-32-26(31)24-23(18-9-5-4-6-10-18)17(2)34-25(24)30-27(33)29-21-11-7-8-12-22(21)35-20-15-13-19(28)14-16-20/h4-16H,3H2,1-2H3,(H2,29,30,33). The highest BCUT2D eigenvalue weighted by molar-refractivity contribution is 7.99. The molecule has 178 valence electrons. The van der Waals surface area contributed by atoms with Crippen molar-refractivity contribution in [2.24, 2.45) is 0 Å². The Hall–Kier alpha value is -2.84. The number of para-hydroxylation sites is 1. The third kappa shape index (κ3) is 6.24. The normalized spacial score (nSPS) is 10.6. The number of thiophene rings is 1. The van der Waals surface area contributed by atoms with Crippen molar-refractivity contribution in [2.75, 3.05) is 17.2 Å². The zero-order valence-corrected chi connectivity index (χ0v) is 22.3. The van der Waals surface area contributed by atoms with E-state index in [1.807, 2.05) is 85.8 Å². The molecule has 4 nitrogen and oxygen atoms in total. The van der Waals surface area contributed by atoms with Crippen LogP contribution in [0.15, 0.2) is 88.7 Å². The van der Waals surface area contributed by atoms with E-state index in [2.05, 4.69) is 10.6 Å². The maximum absolute atomic E-state index is 13.0. The van der Waals surface area contributed by atoms with Gasteiger partial charge in [-0.1, -0.05) is 65.8 Å². The number of hydrogen-bond acceptors (Lipinski definition) is 5. The summed E-state index contributed by atoms with van der Waals surface area (Å²) < 4.78 is 5.39. The number of anilines is 2. The van der Waals surface area contributed by atoms with E-state index in [-0.39, 0.29) is 5.97 Å². The largest absolute Gasteiger partial charge is 0.462 e. The average molecular weight is 539 g/mol. The minimum atomic E-state index is -0.375. The number of aryl methyl sites for hydroxylation is 1. The number of rotatable bonds is 7. The van der Waals surface area contributed by atoms with E-state index in [0.29, 0.717) is 27.3 Å². The van der Waals surface area contributed by atoms with Crippen molar-refractivity contribution in [3.05, 3.63) is 94.3 Å². The maximum atomic E-state index is 13.0. The monoisotopic (exact) mass is 538 g/mol. The van der Waals surface area contributed by atoms with Gasteiger partial charge in [-0.25, -0.2) is 4.79 Å². The van der Waals surface area contributed by atoms with Gasteiger partial charge in [0.05, 0.1) is 12.3 Å². The molecule has 0 saturated heterocycles. The van der Waals surface area contributed by atoms with Crippen LogP contribution < -0.4 is 10.6 Å². The lowest BCUT2D eigenvalue weighted by Crippen LogP contribution is -2.20. The molecule has 0 aliphatic heterocycles. The zero-order valence-electron chi connectivity index (χ0n) is 19.1. The Morgan fingerprint density at radius 2 is 1.69 bits per heavy atom. The Labute approximate surface area is 223 Å². The fourth-order valence-corrected chi connectivity index (χ4v) is 5.90. The topological polar surface area (TPSA) is 50.4 Å². The first kappa shape index (κ1) is 25.3. The van der Waals surface area contributed by atoms with Crippen molar-refractivity contribution in [1.29, 1.82) is 0 Å². The van der Waals surface area contributed by atoms with Gasteiger partial charge in [-0.15, -0.1) is 11.3 Å². The molecule has 0 amide bonds. The summed E-state index contributed by atoms with van der Waals surface area (Å²) >= 11 is 14.8. The molecule has 4 rings (SSSR count). The lowest BCUT2D eigenvalue weighted by molar-refractivity contribution is 0.0529. The van der Waals surface area contributed by atoms with E-state index in [0.717, 1.165) is 31.5 Å². The van der Waals surface area contributed by atoms with Gasteiger partial charge in [0.15, 0.2) is 5.11 Å². The van der Waals surface area contributed by atoms with Crippen molar-refractivity contribution in [3.8, 4) is 11.1 Å². The lowest BCUT2D eigenvalue weighted by Gasteiger charge is -2.14. The maximum Gasteiger partial charge on any atom is 0.341 e. The smallest absolute Gasteiger partial charge is 0.341 e. The van der Waals surface area contributed by atoms with Gasteiger partial charge in [0.1, 0.15) is 10.6 Å². The summed E-state index contributed by atoms with van der Waals surface area (Å²) in [6.07, 6.45) is 0. The molecule has 0 radical (unpaired) electrons. The van der Waals surface area contributed by atoms with E-state index in [1.165, 1.54) is 11.3 Å². The first-order chi connectivity index (χ1) is 17.0. The summed E-state index contributed by atoms with van der Waals surface area (Å²) in [7, 11) is 0. The Morgan fingerprint density at radius 1 is 1.00 bits per heavy atom. The van der Waals surface area contributed by atoms with Crippen molar-refractivity contribution in [2.45, 2.75) is 23.6 Å². The first-order valence-corrected chi connectivity index (χ1v) is 13.3. The second kappa shape index (κ2) is 11.7. The minimum absolute atomic E-state index is 0.291. The third-order valence-corrected chi connectivity index (χ3v) is 7.59. The number of carbonyl (C=O) groups excluding carboxylic acids is 1. The summed E-state index contributed by atoms with van der Waals surface area (Å²) in [5.41, 5.74) is 3.17. The molecule has 0 saturated carbocycles. The average Bonchev–Trinajstić information content (AvgIpc) is 3.17. The number of carbonyl (C=O) groups is 1. The highest BCUT2D eigenvalue weighted by Crippen LogP contribution is 2.41. The van der Waals surface area contributed by atoms with E-state index < -0.39 is 0 Å². The first-order valence-electron chi connectivity index (χ1n) is 10.9. The second-order valence-corrected chi connectivity index (χ2v) is 10.6. The molecule has 4 aromatic rings. The fraction of sp³-hybridized carbons (Fsp3) is 0.111. The van der Waals surface area contributed by atoms with Crippen molar-refractivity contribution < 1.29 is 9.53 Å². The molecule has 0 spiro atoms. The number of esters is 1. The van der Waals surface area contributed by atoms with Crippen LogP contribution in [0.5, 0.6) is 0 Å². The second-order valence-electron chi connectivity index (χ2n) is 7.46. The van der Waals surface area contributed by atoms with Gasteiger partial charge in [-0.05, 0) is 68.0 Å². The van der Waals surface area contributed by atoms with Crippen molar-refractivity contribution in [1.82, 2.24) is 0 Å². The van der Waals surface area contributed by atoms with Gasteiger partial charge >= 0.3 is 5.97 Å². The van der Waals surface area contributed by atoms with Crippen LogP contribution in [-0.2, 0) is 4.74 Å². The molecule has 1 aromatic heterocycles. The molecule has 2 N–H and O–H groups in total. The van der Waals surface area contributed by atoms with Crippen LogP contribution in [0.25, 0.3) is 11.1 Å². The minimum Gasteiger partial charge on any atom is -0.462 e. The molecule has 8 heteroatoms. The molecule has 0 unspecified atom stereocenters. The van der Waals surface area contributed by atoms with E-state index >= 15 is 0 Å². The molecule has 1 heterocycles. The van der Waals surface area contributed by atoms with Gasteiger partial charge in [0, 0.05) is 25.3 Å². The van der Waals surface area contributed by atoms with Crippen LogP contribution in [0.3, 0.4) is 0 Å². The highest BCUT2D eigenvalue weighted by atomic mass is 35.5. The molecule has 0 atom stereocenters. The number of benzene rings is 3. The Morgan fingerprint density at radius 3 is 2.40 bits per heavy atom. The molecule has 0 fully saturated rings. The van der Waals surface area contributed by atoms with Crippen molar-refractivity contribution in [3.63, 3.8) is 0 Å². The number of thiocarbonyl (C=S) groups is 1. The number of ether oxygens (including phenoxy) is 1. The van der Waals surface area contributed by atoms with Crippen LogP contribution in [0, 0.1) is 6.92 Å². The van der Waals surface area contributed by atoms with Gasteiger partial charge in [0.25, 0.3) is 0 Å². The van der Waals surface area contributed by atoms with Crippen LogP contribution in [0.1, 0.15) is 22.2 Å². The van der Waals surface area contributed by atoms with E-state index in [1.54, 1.807) is 18.7 Å². The van der Waals surface area contributed by atoms with Crippen LogP contribution in [0.2, 0.25) is 5.02 Å². The molecular weight excluding hydrogens is 516 g/mol. The Kier molecular flexibility index (Phi) is 8.46. The molecule has 0 aliphatic carbocycles. The van der Waals surface area contributed by atoms with E-state index in [4.69, 9.17) is 28.6 Å². The van der Waals surface area contributed by atoms with Crippen molar-refractivity contribution >= 4 is 68.7 Å². The SMILES string of the molecule is CCOC(=O)c1c(NC(=S)Nc2ccccc2Sc2ccc(Cl)cc2)sc(C)c1-c1ccccc1. The van der Waals surface area contributed by atoms with Gasteiger partial charge in [0.2, 0.25) is 0 Å². The van der Waals surface area contributed by atoms with E-state index in [9.17, 15) is 4.79 Å². The lowest BCUT2D eigenvalue weighted by atomic mass is 10.0. The summed E-state index contributed by atoms with van der Waals surface area (Å²) in [6.45, 7) is 4.09. The van der Waals surface area contributed by atoms with Crippen LogP contribution in [0.4, 0.5) is 10.7 Å². The summed E-state index contributed by atoms with van der Waals surface area (Å²) in [4.78, 5) is 16.0. The zero-order chi connectivity index (χ0) is 24.8. The summed E-state index contributed by atoms with van der Waals surface area (Å²) in [5.74, 6) is -0.375. The molecule has 0 bridgehead atoms. The quantitative estimate of drug-likeness (QED) is 0.182. The number of halogens is 1. The molecule has 3 aromatic carbocycles. The van der Waals surface area contributed by atoms with Crippen LogP contribution >= 0.6 is 46.9 Å². The molecule has 35 heavy (non-hydrogen) atoms. The van der Waals surface area contributed by atoms with Crippen LogP contribution in [-0.4, -0.2) is 17.7 Å². The fourth-order valence-electron chi connectivity index (χ4n) is 3.53. The molecular formula is C27H23ClN2O2S3. The number of nitrogens with one attached hydrogen (secondary N) is 2. The summed E-state index contributed by atoms with van der Waals surface area (Å²) in [5, 5.41) is 8.27. The molecule has 0 aliphatic rings. The van der Waals surface area contributed by atoms with Gasteiger partial charge in [-0.2, -0.15) is 0 Å². The summed E-state index contributed by atoms with van der Waals surface area (Å²) in [6, 6.07) is 25.4. The number of hydrogen-bond donors (Lipinski definition) is 2. The third-order valence-electron chi connectivity index (χ3n) is 5.03. The Balaban J connectivity index is 1.59. The highest BCUT2D eigenvalue weighted by Gasteiger charge is 2.25.